The first kappa shape index (κ1) is 12.8. The van der Waals surface area contributed by atoms with Crippen LogP contribution in [-0.4, -0.2) is 37.1 Å². The summed E-state index contributed by atoms with van der Waals surface area (Å²) in [4.78, 5) is 20.4. The Balaban J connectivity index is 1.99. The van der Waals surface area contributed by atoms with E-state index >= 15 is 0 Å². The Morgan fingerprint density at radius 1 is 1.58 bits per heavy atom. The van der Waals surface area contributed by atoms with Crippen LogP contribution in [0, 0.1) is 0 Å². The van der Waals surface area contributed by atoms with Crippen molar-refractivity contribution in [3.05, 3.63) is 23.3 Å². The van der Waals surface area contributed by atoms with Crippen molar-refractivity contribution in [1.29, 1.82) is 0 Å². The standard InChI is InChI=1S/C11H9N3O2S3/c15-8(16)2-1-7-9(19-11-12-3-5-18-11)13-10-14(7)4-6-17-10/h1-2,4,6H,3,5H2,(H,15,16)/b2-1+. The van der Waals surface area contributed by atoms with Crippen LogP contribution in [0.5, 0.6) is 0 Å². The summed E-state index contributed by atoms with van der Waals surface area (Å²) in [6, 6.07) is 0. The third kappa shape index (κ3) is 2.70. The van der Waals surface area contributed by atoms with Gasteiger partial charge in [-0.05, 0) is 17.8 Å². The highest BCUT2D eigenvalue weighted by Gasteiger charge is 2.16. The molecule has 3 heterocycles. The van der Waals surface area contributed by atoms with Crippen LogP contribution < -0.4 is 0 Å². The van der Waals surface area contributed by atoms with Crippen LogP contribution in [0.25, 0.3) is 11.0 Å². The van der Waals surface area contributed by atoms with Gasteiger partial charge in [0.05, 0.1) is 12.2 Å². The van der Waals surface area contributed by atoms with E-state index in [2.05, 4.69) is 9.98 Å². The molecule has 8 heteroatoms. The summed E-state index contributed by atoms with van der Waals surface area (Å²) < 4.78 is 2.89. The van der Waals surface area contributed by atoms with Gasteiger partial charge in [-0.25, -0.2) is 9.78 Å². The molecule has 19 heavy (non-hydrogen) atoms. The molecule has 1 N–H and O–H groups in total. The fourth-order valence-corrected chi connectivity index (χ4v) is 4.39. The predicted octanol–water partition coefficient (Wildman–Crippen LogP) is 2.69. The predicted molar refractivity (Wildman–Crippen MR) is 80.4 cm³/mol. The molecule has 0 aliphatic carbocycles. The number of aliphatic carboxylic acids is 1. The van der Waals surface area contributed by atoms with Gasteiger partial charge in [-0.3, -0.25) is 9.39 Å². The van der Waals surface area contributed by atoms with Gasteiger partial charge in [0.25, 0.3) is 0 Å². The van der Waals surface area contributed by atoms with E-state index in [-0.39, 0.29) is 0 Å². The van der Waals surface area contributed by atoms with Crippen molar-refractivity contribution in [1.82, 2.24) is 9.38 Å². The van der Waals surface area contributed by atoms with Crippen LogP contribution in [0.3, 0.4) is 0 Å². The first-order valence-corrected chi connectivity index (χ1v) is 8.14. The van der Waals surface area contributed by atoms with Crippen LogP contribution in [0.1, 0.15) is 5.69 Å². The van der Waals surface area contributed by atoms with Crippen LogP contribution in [0.4, 0.5) is 0 Å². The zero-order chi connectivity index (χ0) is 13.2. The molecule has 0 atom stereocenters. The number of fused-ring (bicyclic) bond motifs is 1. The number of carbonyl (C=O) groups is 1. The number of aliphatic imine (C=N–C) groups is 1. The van der Waals surface area contributed by atoms with Crippen molar-refractivity contribution in [2.75, 3.05) is 12.3 Å². The lowest BCUT2D eigenvalue weighted by Crippen LogP contribution is -1.90. The van der Waals surface area contributed by atoms with E-state index in [9.17, 15) is 4.79 Å². The van der Waals surface area contributed by atoms with Crippen LogP contribution in [0.15, 0.2) is 27.7 Å². The second-order valence-corrected chi connectivity index (χ2v) is 6.82. The molecule has 0 fully saturated rings. The highest BCUT2D eigenvalue weighted by molar-refractivity contribution is 8.39. The maximum atomic E-state index is 10.7. The average Bonchev–Trinajstić information content (AvgIpc) is 3.04. The zero-order valence-corrected chi connectivity index (χ0v) is 12.1. The third-order valence-corrected chi connectivity index (χ3v) is 5.31. The number of thiazole rings is 1. The van der Waals surface area contributed by atoms with E-state index in [1.165, 1.54) is 23.1 Å². The number of carboxylic acids is 1. The number of aromatic nitrogens is 2. The van der Waals surface area contributed by atoms with Crippen molar-refractivity contribution < 1.29 is 9.90 Å². The maximum absolute atomic E-state index is 10.7. The van der Waals surface area contributed by atoms with Gasteiger partial charge < -0.3 is 5.11 Å². The lowest BCUT2D eigenvalue weighted by atomic mass is 10.4. The second kappa shape index (κ2) is 5.40. The molecule has 0 spiro atoms. The highest BCUT2D eigenvalue weighted by Crippen LogP contribution is 2.33. The monoisotopic (exact) mass is 311 g/mol. The van der Waals surface area contributed by atoms with Gasteiger partial charge in [0.2, 0.25) is 0 Å². The van der Waals surface area contributed by atoms with E-state index in [1.807, 2.05) is 16.0 Å². The van der Waals surface area contributed by atoms with Gasteiger partial charge in [-0.1, -0.05) is 11.8 Å². The number of hydrogen-bond acceptors (Lipinski definition) is 6. The van der Waals surface area contributed by atoms with E-state index in [0.717, 1.165) is 38.4 Å². The van der Waals surface area contributed by atoms with Crippen molar-refractivity contribution in [2.24, 2.45) is 4.99 Å². The Kier molecular flexibility index (Phi) is 3.63. The van der Waals surface area contributed by atoms with Gasteiger partial charge in [0.15, 0.2) is 4.96 Å². The summed E-state index contributed by atoms with van der Waals surface area (Å²) in [5.74, 6) is 0.0407. The molecule has 0 radical (unpaired) electrons. The first-order chi connectivity index (χ1) is 9.24. The number of imidazole rings is 1. The molecule has 98 valence electrons. The van der Waals surface area contributed by atoms with Gasteiger partial charge in [-0.15, -0.1) is 11.3 Å². The average molecular weight is 311 g/mol. The lowest BCUT2D eigenvalue weighted by Gasteiger charge is -1.98. The molecule has 5 nitrogen and oxygen atoms in total. The highest BCUT2D eigenvalue weighted by atomic mass is 32.2. The number of rotatable bonds is 3. The minimum absolute atomic E-state index is 0.791. The third-order valence-electron chi connectivity index (χ3n) is 2.39. The molecule has 2 aromatic heterocycles. The van der Waals surface area contributed by atoms with E-state index in [1.54, 1.807) is 17.8 Å². The van der Waals surface area contributed by atoms with Gasteiger partial charge >= 0.3 is 5.97 Å². The van der Waals surface area contributed by atoms with Crippen molar-refractivity contribution >= 4 is 56.2 Å². The largest absolute Gasteiger partial charge is 0.478 e. The molecule has 0 bridgehead atoms. The zero-order valence-electron chi connectivity index (χ0n) is 9.65. The smallest absolute Gasteiger partial charge is 0.328 e. The molecule has 1 aliphatic heterocycles. The quantitative estimate of drug-likeness (QED) is 0.883. The summed E-state index contributed by atoms with van der Waals surface area (Å²) in [6.45, 7) is 0.843. The molecule has 0 saturated carbocycles. The van der Waals surface area contributed by atoms with Gasteiger partial charge in [0.1, 0.15) is 9.40 Å². The molecule has 1 aliphatic rings. The summed E-state index contributed by atoms with van der Waals surface area (Å²) in [6.07, 6.45) is 4.61. The van der Waals surface area contributed by atoms with Crippen LogP contribution in [0.2, 0.25) is 0 Å². The number of thioether (sulfide) groups is 2. The fourth-order valence-electron chi connectivity index (χ4n) is 1.62. The SMILES string of the molecule is O=C(O)/C=C/c1c(SC2=NCCS2)nc2sccn12. The first-order valence-electron chi connectivity index (χ1n) is 5.46. The van der Waals surface area contributed by atoms with Gasteiger partial charge in [0, 0.05) is 23.4 Å². The Bertz CT molecular complexity index is 686. The Labute approximate surface area is 121 Å². The Hall–Kier alpha value is -1.25. The van der Waals surface area contributed by atoms with Crippen molar-refractivity contribution in [3.63, 3.8) is 0 Å². The normalized spacial score (nSPS) is 15.5. The van der Waals surface area contributed by atoms with E-state index in [4.69, 9.17) is 5.11 Å². The van der Waals surface area contributed by atoms with E-state index < -0.39 is 5.97 Å². The number of carboxylic acid groups (broad SMARTS) is 1. The summed E-state index contributed by atoms with van der Waals surface area (Å²) >= 11 is 4.74. The maximum Gasteiger partial charge on any atom is 0.328 e. The van der Waals surface area contributed by atoms with Crippen LogP contribution >= 0.6 is 34.9 Å². The van der Waals surface area contributed by atoms with E-state index in [0.29, 0.717) is 0 Å². The second-order valence-electron chi connectivity index (χ2n) is 3.63. The molecular weight excluding hydrogens is 302 g/mol. The minimum atomic E-state index is -0.964. The fraction of sp³-hybridized carbons (Fsp3) is 0.182. The molecular formula is C11H9N3O2S3. The van der Waals surface area contributed by atoms with Crippen molar-refractivity contribution in [2.45, 2.75) is 5.03 Å². The summed E-state index contributed by atoms with van der Waals surface area (Å²) in [5.41, 5.74) is 0.791. The topological polar surface area (TPSA) is 67.0 Å². The minimum Gasteiger partial charge on any atom is -0.478 e. The molecule has 0 saturated heterocycles. The number of nitrogens with zero attached hydrogens (tertiary/aromatic N) is 3. The molecule has 2 aromatic rings. The number of hydrogen-bond donors (Lipinski definition) is 1. The Morgan fingerprint density at radius 2 is 2.47 bits per heavy atom. The lowest BCUT2D eigenvalue weighted by molar-refractivity contribution is -0.131. The molecule has 0 amide bonds. The summed E-state index contributed by atoms with van der Waals surface area (Å²) in [5, 5.41) is 11.5. The summed E-state index contributed by atoms with van der Waals surface area (Å²) in [7, 11) is 0. The molecule has 0 aromatic carbocycles. The van der Waals surface area contributed by atoms with Crippen molar-refractivity contribution in [3.8, 4) is 0 Å². The van der Waals surface area contributed by atoms with Crippen LogP contribution in [-0.2, 0) is 4.79 Å². The Morgan fingerprint density at radius 3 is 3.21 bits per heavy atom. The van der Waals surface area contributed by atoms with Gasteiger partial charge in [-0.2, -0.15) is 0 Å². The molecule has 3 rings (SSSR count). The molecule has 0 unspecified atom stereocenters.